The normalized spacial score (nSPS) is 23.6. The van der Waals surface area contributed by atoms with Crippen LogP contribution in [0.2, 0.25) is 0 Å². The molecule has 1 atom stereocenters. The minimum atomic E-state index is -0.237. The molecule has 3 nitrogen and oxygen atoms in total. The third kappa shape index (κ3) is 2.25. The van der Waals surface area contributed by atoms with Crippen molar-refractivity contribution in [1.82, 2.24) is 10.2 Å². The Labute approximate surface area is 125 Å². The standard InChI is InChI=1S/C16H22N2OS/c1-11-4-5-12(2)13(10-11)14-17-16(6-7-16)15(19)18(14)8-9-20-3/h4-5,10,14,17H,6-9H2,1-3H3. The van der Waals surface area contributed by atoms with Crippen LogP contribution >= 0.6 is 11.8 Å². The molecule has 4 heteroatoms. The Balaban J connectivity index is 1.93. The lowest BCUT2D eigenvalue weighted by Gasteiger charge is -2.25. The largest absolute Gasteiger partial charge is 0.320 e. The summed E-state index contributed by atoms with van der Waals surface area (Å²) in [4.78, 5) is 14.7. The molecule has 1 saturated heterocycles. The Bertz CT molecular complexity index is 539. The molecule has 1 aliphatic carbocycles. The average Bonchev–Trinajstić information content (AvgIpc) is 3.15. The Kier molecular flexibility index (Phi) is 3.55. The maximum absolute atomic E-state index is 12.6. The maximum atomic E-state index is 12.6. The number of nitrogens with one attached hydrogen (secondary N) is 1. The average molecular weight is 290 g/mol. The van der Waals surface area contributed by atoms with Crippen LogP contribution in [0.25, 0.3) is 0 Å². The van der Waals surface area contributed by atoms with E-state index in [1.54, 1.807) is 11.8 Å². The molecule has 1 aromatic rings. The van der Waals surface area contributed by atoms with Gasteiger partial charge in [0, 0.05) is 12.3 Å². The molecule has 1 aromatic carbocycles. The van der Waals surface area contributed by atoms with Crippen LogP contribution in [0.1, 0.15) is 35.7 Å². The van der Waals surface area contributed by atoms with E-state index < -0.39 is 0 Å². The molecule has 1 heterocycles. The van der Waals surface area contributed by atoms with E-state index in [1.807, 2.05) is 4.90 Å². The van der Waals surface area contributed by atoms with E-state index in [1.165, 1.54) is 16.7 Å². The fraction of sp³-hybridized carbons (Fsp3) is 0.562. The van der Waals surface area contributed by atoms with E-state index >= 15 is 0 Å². The molecule has 1 saturated carbocycles. The monoisotopic (exact) mass is 290 g/mol. The summed E-state index contributed by atoms with van der Waals surface area (Å²) >= 11 is 1.79. The van der Waals surface area contributed by atoms with Gasteiger partial charge < -0.3 is 4.90 Å². The zero-order chi connectivity index (χ0) is 14.3. The molecule has 1 unspecified atom stereocenters. The molecule has 1 spiro atoms. The van der Waals surface area contributed by atoms with E-state index in [-0.39, 0.29) is 11.7 Å². The molecule has 2 aliphatic rings. The number of amides is 1. The lowest BCUT2D eigenvalue weighted by atomic mass is 10.0. The fourth-order valence-corrected chi connectivity index (χ4v) is 3.38. The zero-order valence-corrected chi connectivity index (χ0v) is 13.2. The SMILES string of the molecule is CSCCN1C(=O)C2(CC2)NC1c1cc(C)ccc1C. The van der Waals surface area contributed by atoms with Crippen molar-refractivity contribution in [3.8, 4) is 0 Å². The second kappa shape index (κ2) is 5.08. The number of aryl methyl sites for hydroxylation is 2. The number of nitrogens with zero attached hydrogens (tertiary/aromatic N) is 1. The predicted octanol–water partition coefficient (Wildman–Crippen LogP) is 2.63. The lowest BCUT2D eigenvalue weighted by Crippen LogP contribution is -2.33. The van der Waals surface area contributed by atoms with Gasteiger partial charge in [-0.15, -0.1) is 0 Å². The number of carbonyl (C=O) groups excluding carboxylic acids is 1. The summed E-state index contributed by atoms with van der Waals surface area (Å²) in [6.45, 7) is 5.07. The van der Waals surface area contributed by atoms with E-state index in [4.69, 9.17) is 0 Å². The number of benzene rings is 1. The fourth-order valence-electron chi connectivity index (χ4n) is 3.00. The van der Waals surface area contributed by atoms with Gasteiger partial charge in [-0.05, 0) is 44.1 Å². The highest BCUT2D eigenvalue weighted by atomic mass is 32.2. The lowest BCUT2D eigenvalue weighted by molar-refractivity contribution is -0.130. The molecule has 108 valence electrons. The molecule has 0 radical (unpaired) electrons. The van der Waals surface area contributed by atoms with Crippen molar-refractivity contribution in [2.45, 2.75) is 38.4 Å². The van der Waals surface area contributed by atoms with Crippen molar-refractivity contribution in [2.24, 2.45) is 0 Å². The zero-order valence-electron chi connectivity index (χ0n) is 12.4. The van der Waals surface area contributed by atoms with Gasteiger partial charge in [0.1, 0.15) is 11.7 Å². The third-order valence-corrected chi connectivity index (χ3v) is 5.00. The van der Waals surface area contributed by atoms with Crippen LogP contribution in [-0.2, 0) is 4.79 Å². The van der Waals surface area contributed by atoms with Crippen LogP contribution in [0.15, 0.2) is 18.2 Å². The minimum absolute atomic E-state index is 0.0528. The molecule has 1 amide bonds. The Morgan fingerprint density at radius 1 is 1.40 bits per heavy atom. The van der Waals surface area contributed by atoms with Crippen LogP contribution in [-0.4, -0.2) is 34.9 Å². The molecule has 1 aliphatic heterocycles. The number of carbonyl (C=O) groups is 1. The summed E-state index contributed by atoms with van der Waals surface area (Å²) in [7, 11) is 0. The third-order valence-electron chi connectivity index (χ3n) is 4.41. The highest BCUT2D eigenvalue weighted by Crippen LogP contribution is 2.46. The molecule has 0 aromatic heterocycles. The van der Waals surface area contributed by atoms with Gasteiger partial charge in [-0.1, -0.05) is 23.8 Å². The van der Waals surface area contributed by atoms with Crippen molar-refractivity contribution in [1.29, 1.82) is 0 Å². The van der Waals surface area contributed by atoms with Gasteiger partial charge in [-0.25, -0.2) is 0 Å². The Hall–Kier alpha value is -1.00. The topological polar surface area (TPSA) is 32.3 Å². The summed E-state index contributed by atoms with van der Waals surface area (Å²) in [5, 5.41) is 3.60. The number of rotatable bonds is 4. The summed E-state index contributed by atoms with van der Waals surface area (Å²) < 4.78 is 0. The molecule has 3 rings (SSSR count). The first-order chi connectivity index (χ1) is 9.57. The first kappa shape index (κ1) is 14.0. The van der Waals surface area contributed by atoms with E-state index in [0.29, 0.717) is 5.91 Å². The molecule has 20 heavy (non-hydrogen) atoms. The number of thioether (sulfide) groups is 1. The van der Waals surface area contributed by atoms with Gasteiger partial charge in [-0.3, -0.25) is 10.1 Å². The van der Waals surface area contributed by atoms with Crippen LogP contribution in [0.3, 0.4) is 0 Å². The van der Waals surface area contributed by atoms with Crippen molar-refractivity contribution in [3.63, 3.8) is 0 Å². The van der Waals surface area contributed by atoms with E-state index in [0.717, 1.165) is 25.1 Å². The quantitative estimate of drug-likeness (QED) is 0.925. The first-order valence-corrected chi connectivity index (χ1v) is 8.62. The summed E-state index contributed by atoms with van der Waals surface area (Å²) in [5.41, 5.74) is 3.52. The molecule has 0 bridgehead atoms. The minimum Gasteiger partial charge on any atom is -0.320 e. The predicted molar refractivity (Wildman–Crippen MR) is 83.9 cm³/mol. The Morgan fingerprint density at radius 3 is 2.80 bits per heavy atom. The molecule has 2 fully saturated rings. The second-order valence-corrected chi connectivity index (χ2v) is 6.97. The molecular formula is C16H22N2OS. The Morgan fingerprint density at radius 2 is 2.15 bits per heavy atom. The highest BCUT2D eigenvalue weighted by molar-refractivity contribution is 7.98. The van der Waals surface area contributed by atoms with E-state index in [9.17, 15) is 4.79 Å². The number of hydrogen-bond acceptors (Lipinski definition) is 3. The van der Waals surface area contributed by atoms with Crippen molar-refractivity contribution >= 4 is 17.7 Å². The van der Waals surface area contributed by atoms with E-state index in [2.05, 4.69) is 43.6 Å². The van der Waals surface area contributed by atoms with Crippen LogP contribution in [0.5, 0.6) is 0 Å². The summed E-state index contributed by atoms with van der Waals surface area (Å²) in [6, 6.07) is 6.50. The van der Waals surface area contributed by atoms with Gasteiger partial charge in [0.25, 0.3) is 0 Å². The number of hydrogen-bond donors (Lipinski definition) is 1. The maximum Gasteiger partial charge on any atom is 0.244 e. The van der Waals surface area contributed by atoms with Gasteiger partial charge >= 0.3 is 0 Å². The molecular weight excluding hydrogens is 268 g/mol. The first-order valence-electron chi connectivity index (χ1n) is 7.22. The highest BCUT2D eigenvalue weighted by Gasteiger charge is 2.59. The summed E-state index contributed by atoms with van der Waals surface area (Å²) in [6.07, 6.45) is 4.12. The van der Waals surface area contributed by atoms with Gasteiger partial charge in [0.15, 0.2) is 0 Å². The van der Waals surface area contributed by atoms with Crippen LogP contribution < -0.4 is 5.32 Å². The van der Waals surface area contributed by atoms with Crippen molar-refractivity contribution in [3.05, 3.63) is 34.9 Å². The summed E-state index contributed by atoms with van der Waals surface area (Å²) in [5.74, 6) is 1.29. The van der Waals surface area contributed by atoms with Gasteiger partial charge in [0.2, 0.25) is 5.91 Å². The van der Waals surface area contributed by atoms with Crippen molar-refractivity contribution < 1.29 is 4.79 Å². The van der Waals surface area contributed by atoms with Crippen LogP contribution in [0, 0.1) is 13.8 Å². The second-order valence-electron chi connectivity index (χ2n) is 5.98. The van der Waals surface area contributed by atoms with Crippen molar-refractivity contribution in [2.75, 3.05) is 18.6 Å². The van der Waals surface area contributed by atoms with Crippen LogP contribution in [0.4, 0.5) is 0 Å². The van der Waals surface area contributed by atoms with Gasteiger partial charge in [-0.2, -0.15) is 11.8 Å². The smallest absolute Gasteiger partial charge is 0.244 e. The molecule has 1 N–H and O–H groups in total. The van der Waals surface area contributed by atoms with Gasteiger partial charge in [0.05, 0.1) is 0 Å².